The molecule has 1 fully saturated rings. The highest BCUT2D eigenvalue weighted by atomic mass is 16.3. The summed E-state index contributed by atoms with van der Waals surface area (Å²) in [5, 5.41) is 17.7. The van der Waals surface area contributed by atoms with Crippen molar-refractivity contribution >= 4 is 0 Å². The van der Waals surface area contributed by atoms with Gasteiger partial charge in [-0.05, 0) is 6.92 Å². The summed E-state index contributed by atoms with van der Waals surface area (Å²) in [6, 6.07) is 0. The van der Waals surface area contributed by atoms with Crippen LogP contribution in [0.15, 0.2) is 0 Å². The van der Waals surface area contributed by atoms with Crippen molar-refractivity contribution in [2.24, 2.45) is 0 Å². The van der Waals surface area contributed by atoms with Crippen LogP contribution in [0.4, 0.5) is 0 Å². The van der Waals surface area contributed by atoms with Gasteiger partial charge in [-0.2, -0.15) is 0 Å². The zero-order valence-electron chi connectivity index (χ0n) is 5.62. The Kier molecular flexibility index (Phi) is 2.05. The average molecular weight is 131 g/mol. The molecule has 9 heavy (non-hydrogen) atoms. The third-order valence-corrected chi connectivity index (χ3v) is 1.46. The second kappa shape index (κ2) is 2.64. The van der Waals surface area contributed by atoms with Gasteiger partial charge in [-0.3, -0.25) is 4.90 Å². The molecule has 0 bridgehead atoms. The largest absolute Gasteiger partial charge is 0.392 e. The van der Waals surface area contributed by atoms with Gasteiger partial charge in [0.05, 0.1) is 12.2 Å². The second-order valence-corrected chi connectivity index (χ2v) is 2.72. The minimum atomic E-state index is -0.266. The lowest BCUT2D eigenvalue weighted by molar-refractivity contribution is -0.0185. The van der Waals surface area contributed by atoms with E-state index in [1.54, 1.807) is 6.92 Å². The molecule has 3 heteroatoms. The van der Waals surface area contributed by atoms with E-state index in [0.29, 0.717) is 6.54 Å². The van der Waals surface area contributed by atoms with Crippen LogP contribution >= 0.6 is 0 Å². The molecule has 1 saturated heterocycles. The molecular weight excluding hydrogens is 118 g/mol. The number of rotatable bonds is 2. The third kappa shape index (κ3) is 1.93. The summed E-state index contributed by atoms with van der Waals surface area (Å²) in [7, 11) is 0. The van der Waals surface area contributed by atoms with Crippen molar-refractivity contribution < 1.29 is 10.2 Å². The van der Waals surface area contributed by atoms with Crippen LogP contribution in [0.3, 0.4) is 0 Å². The van der Waals surface area contributed by atoms with E-state index in [0.717, 1.165) is 13.1 Å². The van der Waals surface area contributed by atoms with E-state index in [1.165, 1.54) is 0 Å². The van der Waals surface area contributed by atoms with Crippen LogP contribution in [0.25, 0.3) is 0 Å². The van der Waals surface area contributed by atoms with Crippen molar-refractivity contribution in [1.29, 1.82) is 0 Å². The fraction of sp³-hybridized carbons (Fsp3) is 1.00. The average Bonchev–Trinajstić information content (AvgIpc) is 1.60. The lowest BCUT2D eigenvalue weighted by Gasteiger charge is -2.36. The van der Waals surface area contributed by atoms with E-state index < -0.39 is 0 Å². The fourth-order valence-electron chi connectivity index (χ4n) is 1.07. The molecule has 3 nitrogen and oxygen atoms in total. The highest BCUT2D eigenvalue weighted by Crippen LogP contribution is 2.06. The van der Waals surface area contributed by atoms with Gasteiger partial charge in [0.2, 0.25) is 0 Å². The number of hydrogen-bond donors (Lipinski definition) is 2. The zero-order chi connectivity index (χ0) is 6.85. The number of hydrogen-bond acceptors (Lipinski definition) is 3. The third-order valence-electron chi connectivity index (χ3n) is 1.46. The van der Waals surface area contributed by atoms with Gasteiger partial charge in [0.15, 0.2) is 0 Å². The maximum Gasteiger partial charge on any atom is 0.0793 e. The monoisotopic (exact) mass is 131 g/mol. The van der Waals surface area contributed by atoms with E-state index in [1.807, 2.05) is 4.90 Å². The molecule has 1 atom stereocenters. The lowest BCUT2D eigenvalue weighted by Crippen LogP contribution is -2.52. The maximum absolute atomic E-state index is 8.85. The van der Waals surface area contributed by atoms with E-state index in [4.69, 9.17) is 10.2 Å². The van der Waals surface area contributed by atoms with Crippen molar-refractivity contribution in [3.05, 3.63) is 0 Å². The Hall–Kier alpha value is -0.120. The normalized spacial score (nSPS) is 25.7. The van der Waals surface area contributed by atoms with Crippen LogP contribution in [0.1, 0.15) is 6.92 Å². The molecule has 0 aliphatic carbocycles. The molecule has 2 N–H and O–H groups in total. The topological polar surface area (TPSA) is 43.7 Å². The molecule has 0 aromatic rings. The predicted octanol–water partition coefficient (Wildman–Crippen LogP) is -0.956. The molecule has 1 heterocycles. The van der Waals surface area contributed by atoms with Gasteiger partial charge in [0.1, 0.15) is 0 Å². The number of aliphatic hydroxyl groups is 2. The van der Waals surface area contributed by atoms with Crippen molar-refractivity contribution in [3.8, 4) is 0 Å². The first kappa shape index (κ1) is 6.99. The number of aliphatic hydroxyl groups excluding tert-OH is 2. The summed E-state index contributed by atoms with van der Waals surface area (Å²) in [5.74, 6) is 0. The fourth-order valence-corrected chi connectivity index (χ4v) is 1.07. The van der Waals surface area contributed by atoms with Crippen LogP contribution in [0, 0.1) is 0 Å². The molecule has 0 unspecified atom stereocenters. The summed E-state index contributed by atoms with van der Waals surface area (Å²) >= 11 is 0. The first-order valence-corrected chi connectivity index (χ1v) is 3.27. The number of likely N-dealkylation sites (tertiary alicyclic amines) is 1. The zero-order valence-corrected chi connectivity index (χ0v) is 5.62. The Balaban J connectivity index is 2.04. The maximum atomic E-state index is 8.85. The number of nitrogens with zero attached hydrogens (tertiary/aromatic N) is 1. The van der Waals surface area contributed by atoms with E-state index in [-0.39, 0.29) is 12.2 Å². The quantitative estimate of drug-likeness (QED) is 0.507. The predicted molar refractivity (Wildman–Crippen MR) is 34.1 cm³/mol. The molecule has 1 aliphatic heterocycles. The first-order valence-electron chi connectivity index (χ1n) is 3.27. The summed E-state index contributed by atoms with van der Waals surface area (Å²) in [6.07, 6.45) is -0.416. The van der Waals surface area contributed by atoms with Gasteiger partial charge >= 0.3 is 0 Å². The number of β-amino-alcohol motifs (C(OH)–C–C–N with tert-alkyl or cyclic N) is 2. The summed E-state index contributed by atoms with van der Waals surface area (Å²) < 4.78 is 0. The van der Waals surface area contributed by atoms with Crippen LogP contribution in [-0.2, 0) is 0 Å². The molecule has 0 aromatic heterocycles. The minimum absolute atomic E-state index is 0.149. The highest BCUT2D eigenvalue weighted by Gasteiger charge is 2.24. The Bertz CT molecular complexity index is 89.1. The van der Waals surface area contributed by atoms with Crippen LogP contribution in [0.5, 0.6) is 0 Å². The van der Waals surface area contributed by atoms with Gasteiger partial charge < -0.3 is 10.2 Å². The molecule has 0 aromatic carbocycles. The van der Waals surface area contributed by atoms with Crippen LogP contribution < -0.4 is 0 Å². The Labute approximate surface area is 54.9 Å². The van der Waals surface area contributed by atoms with E-state index >= 15 is 0 Å². The van der Waals surface area contributed by atoms with Crippen molar-refractivity contribution in [2.75, 3.05) is 19.6 Å². The molecule has 54 valence electrons. The molecule has 0 amide bonds. The summed E-state index contributed by atoms with van der Waals surface area (Å²) in [4.78, 5) is 2.02. The summed E-state index contributed by atoms with van der Waals surface area (Å²) in [6.45, 7) is 3.90. The molecule has 0 saturated carbocycles. The van der Waals surface area contributed by atoms with Gasteiger partial charge in [-0.1, -0.05) is 0 Å². The van der Waals surface area contributed by atoms with Crippen molar-refractivity contribution in [2.45, 2.75) is 19.1 Å². The first-order chi connectivity index (χ1) is 4.18. The molecule has 0 spiro atoms. The van der Waals surface area contributed by atoms with Gasteiger partial charge in [0.25, 0.3) is 0 Å². The van der Waals surface area contributed by atoms with E-state index in [2.05, 4.69) is 0 Å². The van der Waals surface area contributed by atoms with Crippen LogP contribution in [-0.4, -0.2) is 47.0 Å². The summed E-state index contributed by atoms with van der Waals surface area (Å²) in [5.41, 5.74) is 0. The van der Waals surface area contributed by atoms with Gasteiger partial charge in [0, 0.05) is 19.6 Å². The SMILES string of the molecule is C[C@@H](O)CN1CC(O)C1. The van der Waals surface area contributed by atoms with E-state index in [9.17, 15) is 0 Å². The Morgan fingerprint density at radius 1 is 1.67 bits per heavy atom. The van der Waals surface area contributed by atoms with Crippen molar-refractivity contribution in [3.63, 3.8) is 0 Å². The minimum Gasteiger partial charge on any atom is -0.392 e. The van der Waals surface area contributed by atoms with Crippen LogP contribution in [0.2, 0.25) is 0 Å². The Morgan fingerprint density at radius 3 is 2.56 bits per heavy atom. The standard InChI is InChI=1S/C6H13NO2/c1-5(8)2-7-3-6(9)4-7/h5-6,8-9H,2-4H2,1H3/t5-/m1/s1. The molecule has 0 radical (unpaired) electrons. The molecule has 1 aliphatic rings. The lowest BCUT2D eigenvalue weighted by atomic mass is 10.1. The molecular formula is C6H13NO2. The Morgan fingerprint density at radius 2 is 2.22 bits per heavy atom. The smallest absolute Gasteiger partial charge is 0.0793 e. The van der Waals surface area contributed by atoms with Gasteiger partial charge in [-0.25, -0.2) is 0 Å². The van der Waals surface area contributed by atoms with Crippen molar-refractivity contribution in [1.82, 2.24) is 4.90 Å². The molecule has 1 rings (SSSR count). The second-order valence-electron chi connectivity index (χ2n) is 2.72. The van der Waals surface area contributed by atoms with Gasteiger partial charge in [-0.15, -0.1) is 0 Å². The highest BCUT2D eigenvalue weighted by molar-refractivity contribution is 4.79.